The second-order valence-corrected chi connectivity index (χ2v) is 7.40. The summed E-state index contributed by atoms with van der Waals surface area (Å²) >= 11 is 6.21. The summed E-state index contributed by atoms with van der Waals surface area (Å²) in [5, 5.41) is 20.9. The summed E-state index contributed by atoms with van der Waals surface area (Å²) in [5.41, 5.74) is 11.3. The molecule has 0 amide bonds. The summed E-state index contributed by atoms with van der Waals surface area (Å²) in [7, 11) is 0. The minimum Gasteiger partial charge on any atom is -0.506 e. The molecule has 0 saturated heterocycles. The average Bonchev–Trinajstić information content (AvgIpc) is 3.02. The predicted molar refractivity (Wildman–Crippen MR) is 123 cm³/mol. The van der Waals surface area contributed by atoms with Crippen molar-refractivity contribution in [2.45, 2.75) is 12.8 Å². The molecule has 30 heavy (non-hydrogen) atoms. The van der Waals surface area contributed by atoms with Crippen molar-refractivity contribution in [1.82, 2.24) is 4.98 Å². The standard InChI is InChI=1S/C23H19ClN2O3.ClH/c24-19-10-14(11-21(27)28)9-18(23(19)29)22-17(8-13-4-2-1-3-5-13)16-12-15(25)6-7-20(16)26-22;/h1-7,9-10,12,26,29H,8,11,25H2,(H,27,28);1H. The van der Waals surface area contributed by atoms with E-state index in [0.717, 1.165) is 22.0 Å². The average molecular weight is 443 g/mol. The molecule has 1 aromatic heterocycles. The van der Waals surface area contributed by atoms with E-state index in [2.05, 4.69) is 4.98 Å². The normalized spacial score (nSPS) is 10.7. The SMILES string of the molecule is Cl.Nc1ccc2[nH]c(-c3cc(CC(=O)O)cc(Cl)c3O)c(Cc3ccccc3)c2c1. The van der Waals surface area contributed by atoms with Gasteiger partial charge >= 0.3 is 5.97 Å². The number of carboxylic acids is 1. The number of halogens is 2. The highest BCUT2D eigenvalue weighted by atomic mass is 35.5. The number of aromatic hydroxyl groups is 1. The first-order valence-corrected chi connectivity index (χ1v) is 9.47. The van der Waals surface area contributed by atoms with E-state index >= 15 is 0 Å². The van der Waals surface area contributed by atoms with E-state index in [1.807, 2.05) is 48.5 Å². The number of nitrogens with one attached hydrogen (secondary N) is 1. The molecule has 0 unspecified atom stereocenters. The highest BCUT2D eigenvalue weighted by Crippen LogP contribution is 2.41. The first kappa shape index (κ1) is 21.6. The number of fused-ring (bicyclic) bond motifs is 1. The summed E-state index contributed by atoms with van der Waals surface area (Å²) in [6.45, 7) is 0. The monoisotopic (exact) mass is 442 g/mol. The van der Waals surface area contributed by atoms with Crippen LogP contribution in [-0.2, 0) is 17.6 Å². The minimum atomic E-state index is -0.966. The van der Waals surface area contributed by atoms with Crippen LogP contribution in [0.15, 0.2) is 60.7 Å². The molecule has 0 spiro atoms. The molecular weight excluding hydrogens is 423 g/mol. The van der Waals surface area contributed by atoms with Crippen LogP contribution in [0.25, 0.3) is 22.2 Å². The third kappa shape index (κ3) is 4.22. The number of phenols is 1. The van der Waals surface area contributed by atoms with Gasteiger partial charge in [0, 0.05) is 28.6 Å². The van der Waals surface area contributed by atoms with Crippen molar-refractivity contribution in [2.24, 2.45) is 0 Å². The Kier molecular flexibility index (Phi) is 6.25. The van der Waals surface area contributed by atoms with Crippen LogP contribution in [-0.4, -0.2) is 21.2 Å². The van der Waals surface area contributed by atoms with Gasteiger partial charge < -0.3 is 20.9 Å². The largest absolute Gasteiger partial charge is 0.506 e. The number of H-pyrrole nitrogens is 1. The number of carboxylic acid groups (broad SMARTS) is 1. The van der Waals surface area contributed by atoms with Gasteiger partial charge in [0.2, 0.25) is 0 Å². The smallest absolute Gasteiger partial charge is 0.307 e. The molecule has 0 saturated carbocycles. The molecule has 0 aliphatic rings. The van der Waals surface area contributed by atoms with Crippen LogP contribution in [0, 0.1) is 0 Å². The highest BCUT2D eigenvalue weighted by molar-refractivity contribution is 6.32. The summed E-state index contributed by atoms with van der Waals surface area (Å²) in [4.78, 5) is 14.5. The van der Waals surface area contributed by atoms with E-state index in [4.69, 9.17) is 22.4 Å². The lowest BCUT2D eigenvalue weighted by molar-refractivity contribution is -0.136. The molecule has 3 aromatic carbocycles. The molecule has 1 heterocycles. The summed E-state index contributed by atoms with van der Waals surface area (Å²) < 4.78 is 0. The molecule has 4 rings (SSSR count). The second-order valence-electron chi connectivity index (χ2n) is 6.99. The first-order valence-electron chi connectivity index (χ1n) is 9.10. The Balaban J connectivity index is 0.00000256. The van der Waals surface area contributed by atoms with Crippen LogP contribution >= 0.6 is 24.0 Å². The van der Waals surface area contributed by atoms with Gasteiger partial charge in [0.15, 0.2) is 0 Å². The number of anilines is 1. The Morgan fingerprint density at radius 1 is 1.03 bits per heavy atom. The molecule has 5 nitrogen and oxygen atoms in total. The summed E-state index contributed by atoms with van der Waals surface area (Å²) in [6.07, 6.45) is 0.425. The van der Waals surface area contributed by atoms with E-state index in [1.54, 1.807) is 6.07 Å². The van der Waals surface area contributed by atoms with Gasteiger partial charge in [-0.15, -0.1) is 12.4 Å². The number of aliphatic carboxylic acids is 1. The lowest BCUT2D eigenvalue weighted by Crippen LogP contribution is -2.01. The summed E-state index contributed by atoms with van der Waals surface area (Å²) in [6, 6.07) is 18.7. The number of rotatable bonds is 5. The van der Waals surface area contributed by atoms with Gasteiger partial charge in [-0.25, -0.2) is 0 Å². The van der Waals surface area contributed by atoms with Crippen molar-refractivity contribution in [3.05, 3.63) is 82.4 Å². The molecule has 0 aliphatic carbocycles. The second kappa shape index (κ2) is 8.69. The highest BCUT2D eigenvalue weighted by Gasteiger charge is 2.19. The Hall–Kier alpha value is -3.15. The van der Waals surface area contributed by atoms with Gasteiger partial charge in [-0.05, 0) is 47.0 Å². The third-order valence-electron chi connectivity index (χ3n) is 4.90. The fourth-order valence-electron chi connectivity index (χ4n) is 3.60. The zero-order chi connectivity index (χ0) is 20.5. The van der Waals surface area contributed by atoms with Gasteiger partial charge in [-0.3, -0.25) is 4.79 Å². The molecule has 7 heteroatoms. The topological polar surface area (TPSA) is 99.3 Å². The van der Waals surface area contributed by atoms with Crippen molar-refractivity contribution in [2.75, 3.05) is 5.73 Å². The number of phenolic OH excluding ortho intramolecular Hbond substituents is 1. The molecule has 0 atom stereocenters. The van der Waals surface area contributed by atoms with Crippen LogP contribution in [0.3, 0.4) is 0 Å². The number of nitrogens with two attached hydrogens (primary N) is 1. The number of nitrogen functional groups attached to an aromatic ring is 1. The first-order chi connectivity index (χ1) is 13.9. The lowest BCUT2D eigenvalue weighted by atomic mass is 9.96. The Morgan fingerprint density at radius 3 is 2.47 bits per heavy atom. The number of hydrogen-bond acceptors (Lipinski definition) is 3. The molecule has 0 fully saturated rings. The van der Waals surface area contributed by atoms with Crippen LogP contribution < -0.4 is 5.73 Å². The fraction of sp³-hybridized carbons (Fsp3) is 0.0870. The predicted octanol–water partition coefficient (Wildman–Crippen LogP) is 5.42. The molecular formula is C23H20Cl2N2O3. The van der Waals surface area contributed by atoms with Crippen LogP contribution in [0.5, 0.6) is 5.75 Å². The van der Waals surface area contributed by atoms with Gasteiger partial charge in [0.1, 0.15) is 5.75 Å². The van der Waals surface area contributed by atoms with E-state index in [9.17, 15) is 9.90 Å². The van der Waals surface area contributed by atoms with Gasteiger partial charge in [-0.1, -0.05) is 41.9 Å². The molecule has 0 aliphatic heterocycles. The van der Waals surface area contributed by atoms with Crippen LogP contribution in [0.1, 0.15) is 16.7 Å². The Morgan fingerprint density at radius 2 is 1.77 bits per heavy atom. The maximum atomic E-state index is 11.2. The van der Waals surface area contributed by atoms with E-state index < -0.39 is 5.97 Å². The Bertz CT molecular complexity index is 1220. The zero-order valence-electron chi connectivity index (χ0n) is 15.9. The Labute approximate surface area is 184 Å². The van der Waals surface area contributed by atoms with Crippen molar-refractivity contribution >= 4 is 46.6 Å². The number of aromatic amines is 1. The minimum absolute atomic E-state index is 0. The lowest BCUT2D eigenvalue weighted by Gasteiger charge is -2.11. The molecule has 0 radical (unpaired) electrons. The van der Waals surface area contributed by atoms with Crippen molar-refractivity contribution in [1.29, 1.82) is 0 Å². The van der Waals surface area contributed by atoms with Gasteiger partial charge in [-0.2, -0.15) is 0 Å². The van der Waals surface area contributed by atoms with Crippen molar-refractivity contribution < 1.29 is 15.0 Å². The fourth-order valence-corrected chi connectivity index (χ4v) is 3.84. The van der Waals surface area contributed by atoms with Crippen LogP contribution in [0.2, 0.25) is 5.02 Å². The van der Waals surface area contributed by atoms with E-state index in [-0.39, 0.29) is 29.6 Å². The maximum Gasteiger partial charge on any atom is 0.307 e. The zero-order valence-corrected chi connectivity index (χ0v) is 17.4. The quantitative estimate of drug-likeness (QED) is 0.310. The molecule has 0 bridgehead atoms. The van der Waals surface area contributed by atoms with Crippen molar-refractivity contribution in [3.8, 4) is 17.0 Å². The third-order valence-corrected chi connectivity index (χ3v) is 5.19. The van der Waals surface area contributed by atoms with Crippen LogP contribution in [0.4, 0.5) is 5.69 Å². The number of hydrogen-bond donors (Lipinski definition) is 4. The number of carbonyl (C=O) groups is 1. The van der Waals surface area contributed by atoms with Gasteiger partial charge in [0.05, 0.1) is 17.1 Å². The van der Waals surface area contributed by atoms with Gasteiger partial charge in [0.25, 0.3) is 0 Å². The van der Waals surface area contributed by atoms with E-state index in [1.165, 1.54) is 6.07 Å². The van der Waals surface area contributed by atoms with Crippen molar-refractivity contribution in [3.63, 3.8) is 0 Å². The van der Waals surface area contributed by atoms with E-state index in [0.29, 0.717) is 28.9 Å². The molecule has 5 N–H and O–H groups in total. The summed E-state index contributed by atoms with van der Waals surface area (Å²) in [5.74, 6) is -1.05. The number of aromatic nitrogens is 1. The molecule has 4 aromatic rings. The maximum absolute atomic E-state index is 11.2. The molecule has 154 valence electrons. The number of benzene rings is 3.